The summed E-state index contributed by atoms with van der Waals surface area (Å²) in [6.07, 6.45) is -4.50. The van der Waals surface area contributed by atoms with E-state index in [1.54, 1.807) is 30.3 Å². The van der Waals surface area contributed by atoms with Crippen molar-refractivity contribution in [2.75, 3.05) is 11.9 Å². The van der Waals surface area contributed by atoms with Gasteiger partial charge in [0.2, 0.25) is 0 Å². The first-order valence-electron chi connectivity index (χ1n) is 6.59. The van der Waals surface area contributed by atoms with Gasteiger partial charge in [0.1, 0.15) is 11.8 Å². The largest absolute Gasteiger partial charge is 0.483 e. The molecular formula is C16H10BrF3N2O2. The van der Waals surface area contributed by atoms with Gasteiger partial charge >= 0.3 is 6.18 Å². The summed E-state index contributed by atoms with van der Waals surface area (Å²) in [6.45, 7) is -1.49. The van der Waals surface area contributed by atoms with Crippen LogP contribution in [0.3, 0.4) is 0 Å². The van der Waals surface area contributed by atoms with Gasteiger partial charge in [-0.25, -0.2) is 0 Å². The number of carbonyl (C=O) groups excluding carboxylic acids is 1. The Balaban J connectivity index is 2.15. The van der Waals surface area contributed by atoms with Gasteiger partial charge < -0.3 is 10.1 Å². The Bertz CT molecular complexity index is 801. The van der Waals surface area contributed by atoms with E-state index in [0.29, 0.717) is 5.56 Å². The highest BCUT2D eigenvalue weighted by atomic mass is 79.9. The number of alkyl halides is 3. The molecule has 2 aromatic carbocycles. The third-order valence-corrected chi connectivity index (χ3v) is 3.33. The number of benzene rings is 2. The maximum absolute atomic E-state index is 12.2. The molecule has 8 heteroatoms. The molecule has 0 aliphatic heterocycles. The van der Waals surface area contributed by atoms with Crippen molar-refractivity contribution in [3.63, 3.8) is 0 Å². The lowest BCUT2D eigenvalue weighted by atomic mass is 10.1. The second-order valence-corrected chi connectivity index (χ2v) is 5.61. The third kappa shape index (κ3) is 4.99. The minimum atomic E-state index is -4.50. The summed E-state index contributed by atoms with van der Waals surface area (Å²) < 4.78 is 41.9. The van der Waals surface area contributed by atoms with Crippen LogP contribution in [-0.2, 0) is 0 Å². The first kappa shape index (κ1) is 17.8. The third-order valence-electron chi connectivity index (χ3n) is 2.84. The van der Waals surface area contributed by atoms with E-state index in [1.165, 1.54) is 18.2 Å². The number of hydrogen-bond acceptors (Lipinski definition) is 3. The highest BCUT2D eigenvalue weighted by molar-refractivity contribution is 9.10. The molecule has 2 aromatic rings. The molecule has 0 heterocycles. The number of anilines is 1. The van der Waals surface area contributed by atoms with Gasteiger partial charge in [0.05, 0.1) is 5.56 Å². The molecule has 0 fully saturated rings. The molecule has 0 unspecified atom stereocenters. The zero-order valence-electron chi connectivity index (χ0n) is 12.0. The lowest BCUT2D eigenvalue weighted by molar-refractivity contribution is -0.153. The van der Waals surface area contributed by atoms with Gasteiger partial charge in [0.15, 0.2) is 6.61 Å². The summed E-state index contributed by atoms with van der Waals surface area (Å²) >= 11 is 3.25. The molecule has 0 atom stereocenters. The fourth-order valence-electron chi connectivity index (χ4n) is 1.81. The molecule has 2 rings (SSSR count). The van der Waals surface area contributed by atoms with Crippen molar-refractivity contribution < 1.29 is 22.7 Å². The molecule has 24 heavy (non-hydrogen) atoms. The van der Waals surface area contributed by atoms with Crippen LogP contribution >= 0.6 is 15.9 Å². The Morgan fingerprint density at radius 3 is 2.62 bits per heavy atom. The lowest BCUT2D eigenvalue weighted by Gasteiger charge is -2.12. The van der Waals surface area contributed by atoms with Crippen molar-refractivity contribution >= 4 is 27.5 Å². The van der Waals surface area contributed by atoms with Crippen LogP contribution in [-0.4, -0.2) is 18.7 Å². The van der Waals surface area contributed by atoms with Gasteiger partial charge in [-0.2, -0.15) is 18.4 Å². The number of hydrogen-bond donors (Lipinski definition) is 1. The van der Waals surface area contributed by atoms with E-state index in [4.69, 9.17) is 5.26 Å². The molecule has 0 saturated carbocycles. The zero-order chi connectivity index (χ0) is 17.7. The summed E-state index contributed by atoms with van der Waals surface area (Å²) in [5, 5.41) is 11.6. The monoisotopic (exact) mass is 398 g/mol. The normalized spacial score (nSPS) is 10.8. The zero-order valence-corrected chi connectivity index (χ0v) is 13.6. The van der Waals surface area contributed by atoms with E-state index in [-0.39, 0.29) is 17.0 Å². The summed E-state index contributed by atoms with van der Waals surface area (Å²) in [5.41, 5.74) is 0.558. The van der Waals surface area contributed by atoms with E-state index >= 15 is 0 Å². The summed E-state index contributed by atoms with van der Waals surface area (Å²) in [7, 11) is 0. The summed E-state index contributed by atoms with van der Waals surface area (Å²) in [6, 6.07) is 12.2. The Morgan fingerprint density at radius 1 is 1.25 bits per heavy atom. The maximum atomic E-state index is 12.2. The first-order chi connectivity index (χ1) is 11.3. The number of amides is 1. The van der Waals surface area contributed by atoms with Gasteiger partial charge in [0, 0.05) is 15.7 Å². The van der Waals surface area contributed by atoms with E-state index in [0.717, 1.165) is 4.47 Å². The van der Waals surface area contributed by atoms with Crippen molar-refractivity contribution in [1.29, 1.82) is 5.26 Å². The van der Waals surface area contributed by atoms with Gasteiger partial charge in [-0.3, -0.25) is 4.79 Å². The number of nitriles is 1. The van der Waals surface area contributed by atoms with Gasteiger partial charge in [-0.1, -0.05) is 22.0 Å². The van der Waals surface area contributed by atoms with Gasteiger partial charge in [-0.05, 0) is 36.4 Å². The molecule has 4 nitrogen and oxygen atoms in total. The number of nitrogens with zero attached hydrogens (tertiary/aromatic N) is 1. The number of carbonyl (C=O) groups is 1. The predicted octanol–water partition coefficient (Wildman–Crippen LogP) is 4.51. The van der Waals surface area contributed by atoms with Crippen molar-refractivity contribution in [3.05, 3.63) is 58.1 Å². The molecule has 0 spiro atoms. The number of ether oxygens (including phenoxy) is 1. The average molecular weight is 399 g/mol. The van der Waals surface area contributed by atoms with E-state index < -0.39 is 18.7 Å². The van der Waals surface area contributed by atoms with Crippen LogP contribution in [0.15, 0.2) is 46.9 Å². The molecule has 1 N–H and O–H groups in total. The van der Waals surface area contributed by atoms with Crippen LogP contribution in [0.2, 0.25) is 0 Å². The standard InChI is InChI=1S/C16H10BrF3N2O2/c17-12-3-1-2-10(6-12)15(23)22-13-4-5-14(11(7-13)8-21)24-9-16(18,19)20/h1-7H,9H2,(H,22,23). The van der Waals surface area contributed by atoms with E-state index in [1.807, 2.05) is 0 Å². The van der Waals surface area contributed by atoms with Crippen LogP contribution in [0.4, 0.5) is 18.9 Å². The summed E-state index contributed by atoms with van der Waals surface area (Å²) in [5.74, 6) is -0.612. The molecule has 0 aliphatic rings. The van der Waals surface area contributed by atoms with Crippen LogP contribution in [0.5, 0.6) is 5.75 Å². The van der Waals surface area contributed by atoms with Crippen molar-refractivity contribution in [3.8, 4) is 11.8 Å². The molecule has 1 amide bonds. The highest BCUT2D eigenvalue weighted by Crippen LogP contribution is 2.25. The molecule has 0 aliphatic carbocycles. The Labute approximate surface area is 144 Å². The average Bonchev–Trinajstić information content (AvgIpc) is 2.52. The molecule has 0 radical (unpaired) electrons. The molecule has 124 valence electrons. The second-order valence-electron chi connectivity index (χ2n) is 4.69. The van der Waals surface area contributed by atoms with Crippen molar-refractivity contribution in [2.45, 2.75) is 6.18 Å². The number of rotatable bonds is 4. The van der Waals surface area contributed by atoms with Crippen molar-refractivity contribution in [2.24, 2.45) is 0 Å². The minimum Gasteiger partial charge on any atom is -0.483 e. The molecular weight excluding hydrogens is 389 g/mol. The van der Waals surface area contributed by atoms with E-state index in [9.17, 15) is 18.0 Å². The first-order valence-corrected chi connectivity index (χ1v) is 7.38. The SMILES string of the molecule is N#Cc1cc(NC(=O)c2cccc(Br)c2)ccc1OCC(F)(F)F. The maximum Gasteiger partial charge on any atom is 0.422 e. The minimum absolute atomic E-state index is 0.105. The highest BCUT2D eigenvalue weighted by Gasteiger charge is 2.28. The molecule has 0 aromatic heterocycles. The quantitative estimate of drug-likeness (QED) is 0.823. The van der Waals surface area contributed by atoms with Crippen LogP contribution in [0.25, 0.3) is 0 Å². The van der Waals surface area contributed by atoms with Gasteiger partial charge in [0.25, 0.3) is 5.91 Å². The number of halogens is 4. The number of nitrogens with one attached hydrogen (secondary N) is 1. The fraction of sp³-hybridized carbons (Fsp3) is 0.125. The smallest absolute Gasteiger partial charge is 0.422 e. The Kier molecular flexibility index (Phi) is 5.46. The van der Waals surface area contributed by atoms with Gasteiger partial charge in [-0.15, -0.1) is 0 Å². The van der Waals surface area contributed by atoms with Crippen molar-refractivity contribution in [1.82, 2.24) is 0 Å². The Morgan fingerprint density at radius 2 is 2.00 bits per heavy atom. The second kappa shape index (κ2) is 7.36. The van der Waals surface area contributed by atoms with Crippen LogP contribution in [0, 0.1) is 11.3 Å². The molecule has 0 saturated heterocycles. The van der Waals surface area contributed by atoms with Crippen LogP contribution in [0.1, 0.15) is 15.9 Å². The fourth-order valence-corrected chi connectivity index (χ4v) is 2.21. The molecule has 0 bridgehead atoms. The van der Waals surface area contributed by atoms with E-state index in [2.05, 4.69) is 26.0 Å². The lowest BCUT2D eigenvalue weighted by Crippen LogP contribution is -2.19. The van der Waals surface area contributed by atoms with Crippen LogP contribution < -0.4 is 10.1 Å². The topological polar surface area (TPSA) is 62.1 Å². The summed E-state index contributed by atoms with van der Waals surface area (Å²) in [4.78, 5) is 12.1. The predicted molar refractivity (Wildman–Crippen MR) is 84.8 cm³/mol. The Hall–Kier alpha value is -2.53.